The molecule has 9 heteroatoms. The van der Waals surface area contributed by atoms with Gasteiger partial charge >= 0.3 is 10.2 Å². The van der Waals surface area contributed by atoms with Gasteiger partial charge in [0.15, 0.2) is 5.04 Å². The average molecular weight is 273 g/mol. The van der Waals surface area contributed by atoms with E-state index >= 15 is 0 Å². The molecule has 0 saturated heterocycles. The fraction of sp³-hybridized carbons (Fsp3) is 0.222. The van der Waals surface area contributed by atoms with Crippen molar-refractivity contribution < 1.29 is 17.2 Å². The Morgan fingerprint density at radius 1 is 1.39 bits per heavy atom. The molecule has 0 unspecified atom stereocenters. The maximum atomic E-state index is 12.7. The molecule has 0 spiro atoms. The molecule has 96 valence electrons. The molecule has 0 aromatic heterocycles. The lowest BCUT2D eigenvalue weighted by Gasteiger charge is -2.08. The quantitative estimate of drug-likeness (QED) is 0.496. The number of halogens is 1. The van der Waals surface area contributed by atoms with Gasteiger partial charge < -0.3 is 5.43 Å². The van der Waals surface area contributed by atoms with Crippen molar-refractivity contribution >= 4 is 21.0 Å². The second-order valence-electron chi connectivity index (χ2n) is 3.68. The van der Waals surface area contributed by atoms with Gasteiger partial charge in [0.25, 0.3) is 5.69 Å². The number of non-ortho nitro benzene ring substituents is 1. The fourth-order valence-corrected chi connectivity index (χ4v) is 2.12. The molecule has 1 aromatic rings. The number of nitro groups is 1. The van der Waals surface area contributed by atoms with Gasteiger partial charge in [-0.1, -0.05) is 16.0 Å². The van der Waals surface area contributed by atoms with Gasteiger partial charge in [-0.2, -0.15) is 13.5 Å². The van der Waals surface area contributed by atoms with Crippen molar-refractivity contribution in [3.63, 3.8) is 0 Å². The highest BCUT2D eigenvalue weighted by Gasteiger charge is 2.29. The van der Waals surface area contributed by atoms with Gasteiger partial charge in [0.05, 0.1) is 11.0 Å². The first kappa shape index (κ1) is 12.4. The van der Waals surface area contributed by atoms with Crippen LogP contribution in [0.2, 0.25) is 0 Å². The number of hydrogen-bond acceptors (Lipinski definition) is 6. The third kappa shape index (κ3) is 2.45. The van der Waals surface area contributed by atoms with E-state index in [-0.39, 0.29) is 12.1 Å². The average Bonchev–Trinajstić information content (AvgIpc) is 2.78. The zero-order chi connectivity index (χ0) is 13.3. The molecule has 1 atom stereocenters. The first-order valence-corrected chi connectivity index (χ1v) is 6.27. The summed E-state index contributed by atoms with van der Waals surface area (Å²) in [6.07, 6.45) is -0.114. The van der Waals surface area contributed by atoms with Crippen molar-refractivity contribution in [1.82, 2.24) is 5.43 Å². The van der Waals surface area contributed by atoms with Crippen LogP contribution in [0.5, 0.6) is 0 Å². The van der Waals surface area contributed by atoms with E-state index in [1.54, 1.807) is 0 Å². The lowest BCUT2D eigenvalue weighted by molar-refractivity contribution is -0.384. The number of rotatable bonds is 2. The largest absolute Gasteiger partial charge is 0.347 e. The van der Waals surface area contributed by atoms with Crippen LogP contribution in [0.25, 0.3) is 0 Å². The maximum Gasteiger partial charge on any atom is 0.347 e. The molecular weight excluding hydrogens is 265 g/mol. The van der Waals surface area contributed by atoms with E-state index in [2.05, 4.69) is 10.5 Å². The standard InChI is InChI=1S/C9H8FN3O4S/c10-18(16,17)9-5-8(11-12-9)6-1-3-7(4-2-6)13(14)15/h1-4,8,11H,5H2/t8-/m0/s1. The van der Waals surface area contributed by atoms with Crippen molar-refractivity contribution in [3.8, 4) is 0 Å². The van der Waals surface area contributed by atoms with E-state index in [0.717, 1.165) is 0 Å². The zero-order valence-corrected chi connectivity index (χ0v) is 9.72. The number of nitro benzene ring substituents is 1. The Kier molecular flexibility index (Phi) is 2.99. The normalized spacial score (nSPS) is 19.2. The first-order chi connectivity index (χ1) is 8.38. The lowest BCUT2D eigenvalue weighted by Crippen LogP contribution is -2.11. The Morgan fingerprint density at radius 2 is 2.00 bits per heavy atom. The van der Waals surface area contributed by atoms with E-state index in [0.29, 0.717) is 5.56 Å². The van der Waals surface area contributed by atoms with Crippen LogP contribution in [-0.4, -0.2) is 18.4 Å². The van der Waals surface area contributed by atoms with Gasteiger partial charge in [-0.05, 0) is 5.56 Å². The summed E-state index contributed by atoms with van der Waals surface area (Å²) in [4.78, 5) is 9.91. The minimum atomic E-state index is -4.79. The lowest BCUT2D eigenvalue weighted by atomic mass is 10.1. The predicted molar refractivity (Wildman–Crippen MR) is 61.1 cm³/mol. The maximum absolute atomic E-state index is 12.7. The van der Waals surface area contributed by atoms with Crippen LogP contribution in [-0.2, 0) is 10.2 Å². The number of hydrazone groups is 1. The molecule has 1 aliphatic rings. The molecular formula is C9H8FN3O4S. The van der Waals surface area contributed by atoms with Crippen molar-refractivity contribution in [2.24, 2.45) is 5.10 Å². The van der Waals surface area contributed by atoms with Gasteiger partial charge in [0.1, 0.15) is 0 Å². The Morgan fingerprint density at radius 3 is 2.44 bits per heavy atom. The molecule has 1 N–H and O–H groups in total. The minimum absolute atomic E-state index is 0.0731. The van der Waals surface area contributed by atoms with Crippen LogP contribution in [0.4, 0.5) is 9.57 Å². The summed E-state index contributed by atoms with van der Waals surface area (Å²) in [5.74, 6) is 0. The molecule has 1 heterocycles. The predicted octanol–water partition coefficient (Wildman–Crippen LogP) is 1.24. The van der Waals surface area contributed by atoms with E-state index in [9.17, 15) is 22.4 Å². The van der Waals surface area contributed by atoms with Crippen molar-refractivity contribution in [2.75, 3.05) is 0 Å². The third-order valence-electron chi connectivity index (χ3n) is 2.51. The zero-order valence-electron chi connectivity index (χ0n) is 8.91. The van der Waals surface area contributed by atoms with Gasteiger partial charge in [-0.15, -0.1) is 0 Å². The van der Waals surface area contributed by atoms with Gasteiger partial charge in [-0.25, -0.2) is 0 Å². The molecule has 0 bridgehead atoms. The smallest absolute Gasteiger partial charge is 0.301 e. The van der Waals surface area contributed by atoms with Crippen LogP contribution in [0.1, 0.15) is 18.0 Å². The van der Waals surface area contributed by atoms with Gasteiger partial charge in [-0.3, -0.25) is 10.1 Å². The second-order valence-corrected chi connectivity index (χ2v) is 5.02. The van der Waals surface area contributed by atoms with Crippen molar-refractivity contribution in [2.45, 2.75) is 12.5 Å². The monoisotopic (exact) mass is 273 g/mol. The SMILES string of the molecule is O=[N+]([O-])c1ccc([C@@H]2CC(S(=O)(=O)F)=NN2)cc1. The van der Waals surface area contributed by atoms with Gasteiger partial charge in [0, 0.05) is 18.6 Å². The molecule has 1 aromatic carbocycles. The van der Waals surface area contributed by atoms with Crippen molar-refractivity contribution in [3.05, 3.63) is 39.9 Å². The molecule has 0 radical (unpaired) electrons. The molecule has 0 saturated carbocycles. The van der Waals surface area contributed by atoms with Crippen LogP contribution in [0, 0.1) is 10.1 Å². The summed E-state index contributed by atoms with van der Waals surface area (Å²) in [7, 11) is -4.79. The molecule has 0 aliphatic carbocycles. The number of nitrogens with one attached hydrogen (secondary N) is 1. The molecule has 7 nitrogen and oxygen atoms in total. The minimum Gasteiger partial charge on any atom is -0.301 e. The molecule has 0 fully saturated rings. The highest BCUT2D eigenvalue weighted by molar-refractivity contribution is 8.02. The second kappa shape index (κ2) is 4.33. The fourth-order valence-electron chi connectivity index (χ4n) is 1.59. The van der Waals surface area contributed by atoms with Crippen LogP contribution in [0.3, 0.4) is 0 Å². The van der Waals surface area contributed by atoms with E-state index in [4.69, 9.17) is 0 Å². The number of benzene rings is 1. The van der Waals surface area contributed by atoms with Crippen LogP contribution >= 0.6 is 0 Å². The van der Waals surface area contributed by atoms with E-state index in [1.165, 1.54) is 24.3 Å². The van der Waals surface area contributed by atoms with Crippen molar-refractivity contribution in [1.29, 1.82) is 0 Å². The Hall–Kier alpha value is -2.03. The molecule has 0 amide bonds. The summed E-state index contributed by atoms with van der Waals surface area (Å²) >= 11 is 0. The Balaban J connectivity index is 2.14. The van der Waals surface area contributed by atoms with Crippen LogP contribution < -0.4 is 5.43 Å². The highest BCUT2D eigenvalue weighted by Crippen LogP contribution is 2.25. The summed E-state index contributed by atoms with van der Waals surface area (Å²) in [5.41, 5.74) is 3.00. The third-order valence-corrected chi connectivity index (χ3v) is 3.33. The summed E-state index contributed by atoms with van der Waals surface area (Å²) in [5, 5.41) is 13.3. The van der Waals surface area contributed by atoms with Gasteiger partial charge in [0.2, 0.25) is 0 Å². The highest BCUT2D eigenvalue weighted by atomic mass is 32.3. The first-order valence-electron chi connectivity index (χ1n) is 4.89. The number of nitrogens with zero attached hydrogens (tertiary/aromatic N) is 2. The summed E-state index contributed by atoms with van der Waals surface area (Å²) < 4.78 is 33.9. The van der Waals surface area contributed by atoms with E-state index < -0.39 is 26.2 Å². The summed E-state index contributed by atoms with van der Waals surface area (Å²) in [6, 6.07) is 5.03. The molecule has 18 heavy (non-hydrogen) atoms. The van der Waals surface area contributed by atoms with Crippen LogP contribution in [0.15, 0.2) is 29.4 Å². The van der Waals surface area contributed by atoms with E-state index in [1.807, 2.05) is 0 Å². The Labute approximate surface area is 102 Å². The Bertz CT molecular complexity index is 611. The number of hydrogen-bond donors (Lipinski definition) is 1. The topological polar surface area (TPSA) is 102 Å². The molecule has 2 rings (SSSR count). The molecule has 1 aliphatic heterocycles. The summed E-state index contributed by atoms with van der Waals surface area (Å²) in [6.45, 7) is 0.